The maximum Gasteiger partial charge on any atom is 0.226 e. The Morgan fingerprint density at radius 1 is 1.41 bits per heavy atom. The fourth-order valence-corrected chi connectivity index (χ4v) is 2.29. The van der Waals surface area contributed by atoms with Gasteiger partial charge >= 0.3 is 0 Å². The monoisotopic (exact) mass is 238 g/mol. The summed E-state index contributed by atoms with van der Waals surface area (Å²) >= 11 is 0. The van der Waals surface area contributed by atoms with Gasteiger partial charge in [0.1, 0.15) is 0 Å². The highest BCUT2D eigenvalue weighted by Gasteiger charge is 2.34. The van der Waals surface area contributed by atoms with Crippen LogP contribution in [0.3, 0.4) is 0 Å². The van der Waals surface area contributed by atoms with Gasteiger partial charge < -0.3 is 15.2 Å². The molecule has 1 saturated heterocycles. The summed E-state index contributed by atoms with van der Waals surface area (Å²) in [6.45, 7) is 4.19. The lowest BCUT2D eigenvalue weighted by Crippen LogP contribution is -2.38. The number of nitrogens with two attached hydrogens (primary N) is 1. The Balaban J connectivity index is 2.12. The summed E-state index contributed by atoms with van der Waals surface area (Å²) in [4.78, 5) is 6.75. The molecule has 0 amide bonds. The fourth-order valence-electron chi connectivity index (χ4n) is 2.29. The van der Waals surface area contributed by atoms with E-state index in [2.05, 4.69) is 29.0 Å². The van der Waals surface area contributed by atoms with Gasteiger partial charge in [-0.2, -0.15) is 4.98 Å². The van der Waals surface area contributed by atoms with Crippen molar-refractivity contribution in [1.82, 2.24) is 15.0 Å². The largest absolute Gasteiger partial charge is 0.339 e. The number of likely N-dealkylation sites (tertiary alicyclic amines) is 1. The van der Waals surface area contributed by atoms with Crippen LogP contribution in [0.2, 0.25) is 0 Å². The molecule has 1 atom stereocenters. The Morgan fingerprint density at radius 3 is 3.00 bits per heavy atom. The molecule has 0 radical (unpaired) electrons. The first-order valence-electron chi connectivity index (χ1n) is 6.44. The third-order valence-corrected chi connectivity index (χ3v) is 3.48. The minimum absolute atomic E-state index is 0.403. The van der Waals surface area contributed by atoms with Crippen LogP contribution in [-0.4, -0.2) is 35.2 Å². The third kappa shape index (κ3) is 2.84. The van der Waals surface area contributed by atoms with Crippen LogP contribution in [0.25, 0.3) is 0 Å². The molecule has 1 aliphatic heterocycles. The highest BCUT2D eigenvalue weighted by Crippen LogP contribution is 2.28. The Morgan fingerprint density at radius 2 is 2.24 bits per heavy atom. The lowest BCUT2D eigenvalue weighted by atomic mass is 9.91. The van der Waals surface area contributed by atoms with Crippen molar-refractivity contribution in [3.05, 3.63) is 11.7 Å². The van der Waals surface area contributed by atoms with Crippen molar-refractivity contribution in [3.8, 4) is 0 Å². The summed E-state index contributed by atoms with van der Waals surface area (Å²) < 4.78 is 5.24. The average Bonchev–Trinajstić information content (AvgIpc) is 2.69. The zero-order valence-electron chi connectivity index (χ0n) is 10.8. The summed E-state index contributed by atoms with van der Waals surface area (Å²) in [6, 6.07) is 0. The average molecular weight is 238 g/mol. The number of nitrogens with zero attached hydrogens (tertiary/aromatic N) is 3. The van der Waals surface area contributed by atoms with Gasteiger partial charge in [0, 0.05) is 13.0 Å². The third-order valence-electron chi connectivity index (χ3n) is 3.48. The van der Waals surface area contributed by atoms with Crippen LogP contribution >= 0.6 is 0 Å². The van der Waals surface area contributed by atoms with E-state index in [0.717, 1.165) is 45.2 Å². The molecule has 0 aromatic carbocycles. The lowest BCUT2D eigenvalue weighted by Gasteiger charge is -2.23. The predicted octanol–water partition coefficient (Wildman–Crippen LogP) is 1.29. The van der Waals surface area contributed by atoms with E-state index in [-0.39, 0.29) is 0 Å². The summed E-state index contributed by atoms with van der Waals surface area (Å²) in [6.07, 6.45) is 4.77. The molecule has 5 heteroatoms. The molecule has 2 N–H and O–H groups in total. The number of hydrogen-bond acceptors (Lipinski definition) is 5. The van der Waals surface area contributed by atoms with Crippen LogP contribution in [0.4, 0.5) is 0 Å². The fraction of sp³-hybridized carbons (Fsp3) is 0.833. The molecule has 1 aromatic rings. The molecule has 0 saturated carbocycles. The second-order valence-corrected chi connectivity index (χ2v) is 5.07. The molecule has 1 unspecified atom stereocenters. The van der Waals surface area contributed by atoms with Gasteiger partial charge in [0.2, 0.25) is 5.89 Å². The van der Waals surface area contributed by atoms with Crippen molar-refractivity contribution >= 4 is 0 Å². The number of aryl methyl sites for hydroxylation is 1. The molecular weight excluding hydrogens is 216 g/mol. The lowest BCUT2D eigenvalue weighted by molar-refractivity contribution is 0.309. The molecule has 2 heterocycles. The molecule has 1 fully saturated rings. The molecule has 0 spiro atoms. The van der Waals surface area contributed by atoms with Gasteiger partial charge in [-0.1, -0.05) is 12.1 Å². The highest BCUT2D eigenvalue weighted by atomic mass is 16.5. The van der Waals surface area contributed by atoms with Crippen LogP contribution < -0.4 is 5.73 Å². The van der Waals surface area contributed by atoms with Gasteiger partial charge in [-0.3, -0.25) is 0 Å². The van der Waals surface area contributed by atoms with Crippen LogP contribution in [0.15, 0.2) is 4.52 Å². The van der Waals surface area contributed by atoms with E-state index in [4.69, 9.17) is 10.3 Å². The van der Waals surface area contributed by atoms with Crippen molar-refractivity contribution in [2.75, 3.05) is 20.1 Å². The minimum Gasteiger partial charge on any atom is -0.339 e. The Hall–Kier alpha value is -0.940. The molecule has 0 aliphatic carbocycles. The summed E-state index contributed by atoms with van der Waals surface area (Å²) in [5.41, 5.74) is 6.04. The van der Waals surface area contributed by atoms with Gasteiger partial charge in [0.05, 0.1) is 5.54 Å². The van der Waals surface area contributed by atoms with Crippen LogP contribution in [-0.2, 0) is 12.0 Å². The second-order valence-electron chi connectivity index (χ2n) is 5.07. The molecule has 17 heavy (non-hydrogen) atoms. The highest BCUT2D eigenvalue weighted by molar-refractivity contribution is 5.05. The molecule has 1 aliphatic rings. The van der Waals surface area contributed by atoms with E-state index in [1.54, 1.807) is 0 Å². The van der Waals surface area contributed by atoms with Crippen LogP contribution in [0.1, 0.15) is 44.3 Å². The number of rotatable bonds is 3. The standard InChI is InChI=1S/C12H22N4O/c1-3-5-10-14-11(15-17-10)12(13)6-4-8-16(2)9-7-12/h3-9,13H2,1-2H3. The maximum absolute atomic E-state index is 6.44. The molecule has 1 aromatic heterocycles. The minimum atomic E-state index is -0.403. The molecular formula is C12H22N4O. The van der Waals surface area contributed by atoms with Gasteiger partial charge in [-0.25, -0.2) is 0 Å². The molecule has 5 nitrogen and oxygen atoms in total. The predicted molar refractivity (Wildman–Crippen MR) is 65.5 cm³/mol. The van der Waals surface area contributed by atoms with Crippen LogP contribution in [0.5, 0.6) is 0 Å². The second kappa shape index (κ2) is 5.14. The van der Waals surface area contributed by atoms with Crippen molar-refractivity contribution in [2.24, 2.45) is 5.73 Å². The van der Waals surface area contributed by atoms with E-state index < -0.39 is 5.54 Å². The number of hydrogen-bond donors (Lipinski definition) is 1. The van der Waals surface area contributed by atoms with Crippen molar-refractivity contribution in [1.29, 1.82) is 0 Å². The Kier molecular flexibility index (Phi) is 3.79. The van der Waals surface area contributed by atoms with Crippen molar-refractivity contribution in [3.63, 3.8) is 0 Å². The maximum atomic E-state index is 6.44. The van der Waals surface area contributed by atoms with Crippen molar-refractivity contribution in [2.45, 2.75) is 44.6 Å². The van der Waals surface area contributed by atoms with Crippen LogP contribution in [0, 0.1) is 0 Å². The quantitative estimate of drug-likeness (QED) is 0.859. The summed E-state index contributed by atoms with van der Waals surface area (Å²) in [5.74, 6) is 1.40. The van der Waals surface area contributed by atoms with E-state index in [0.29, 0.717) is 11.7 Å². The smallest absolute Gasteiger partial charge is 0.226 e. The van der Waals surface area contributed by atoms with E-state index in [1.807, 2.05) is 0 Å². The zero-order valence-corrected chi connectivity index (χ0v) is 10.8. The Bertz CT molecular complexity index is 365. The Labute approximate surface area is 102 Å². The first-order valence-corrected chi connectivity index (χ1v) is 6.44. The normalized spacial score (nSPS) is 27.0. The SMILES string of the molecule is CCCc1nc(C2(N)CCCN(C)CC2)no1. The van der Waals surface area contributed by atoms with E-state index >= 15 is 0 Å². The van der Waals surface area contributed by atoms with E-state index in [1.165, 1.54) is 0 Å². The van der Waals surface area contributed by atoms with Gasteiger partial charge in [0.15, 0.2) is 5.82 Å². The summed E-state index contributed by atoms with van der Waals surface area (Å²) in [7, 11) is 2.13. The zero-order chi connectivity index (χ0) is 12.3. The number of aromatic nitrogens is 2. The molecule has 96 valence electrons. The summed E-state index contributed by atoms with van der Waals surface area (Å²) in [5, 5.41) is 4.07. The first kappa shape index (κ1) is 12.5. The molecule has 2 rings (SSSR count). The molecule has 0 bridgehead atoms. The van der Waals surface area contributed by atoms with Gasteiger partial charge in [-0.05, 0) is 39.3 Å². The first-order chi connectivity index (χ1) is 8.14. The van der Waals surface area contributed by atoms with Gasteiger partial charge in [-0.15, -0.1) is 0 Å². The van der Waals surface area contributed by atoms with E-state index in [9.17, 15) is 0 Å². The van der Waals surface area contributed by atoms with Crippen molar-refractivity contribution < 1.29 is 4.52 Å². The topological polar surface area (TPSA) is 68.2 Å². The van der Waals surface area contributed by atoms with Gasteiger partial charge in [0.25, 0.3) is 0 Å².